The fourth-order valence-corrected chi connectivity index (χ4v) is 1.58. The van der Waals surface area contributed by atoms with Gasteiger partial charge in [-0.25, -0.2) is 4.99 Å². The molecule has 5 heteroatoms. The predicted octanol–water partition coefficient (Wildman–Crippen LogP) is 2.24. The molecular weight excluding hydrogens is 226 g/mol. The van der Waals surface area contributed by atoms with Crippen LogP contribution in [0.1, 0.15) is 12.8 Å². The van der Waals surface area contributed by atoms with Crippen LogP contribution in [0.4, 0.5) is 5.69 Å². The van der Waals surface area contributed by atoms with Crippen LogP contribution in [0.3, 0.4) is 0 Å². The molecule has 0 unspecified atom stereocenters. The lowest BCUT2D eigenvalue weighted by atomic mass is 10.3. The topological polar surface area (TPSA) is 59.6 Å². The Balaban J connectivity index is 2.06. The smallest absolute Gasteiger partial charge is 0.193 e. The van der Waals surface area contributed by atoms with E-state index in [1.807, 2.05) is 6.07 Å². The van der Waals surface area contributed by atoms with Crippen molar-refractivity contribution >= 4 is 23.2 Å². The van der Waals surface area contributed by atoms with Crippen LogP contribution in [0.25, 0.3) is 0 Å². The summed E-state index contributed by atoms with van der Waals surface area (Å²) in [5.41, 5.74) is 6.54. The normalized spacial score (nSPS) is 16.0. The van der Waals surface area contributed by atoms with E-state index in [4.69, 9.17) is 22.1 Å². The van der Waals surface area contributed by atoms with Crippen molar-refractivity contribution in [1.29, 1.82) is 0 Å². The first-order valence-electron chi connectivity index (χ1n) is 5.13. The second-order valence-corrected chi connectivity index (χ2v) is 4.13. The molecule has 86 valence electrons. The lowest BCUT2D eigenvalue weighted by molar-refractivity contribution is 0.415. The van der Waals surface area contributed by atoms with E-state index in [0.717, 1.165) is 18.5 Å². The predicted molar refractivity (Wildman–Crippen MR) is 66.3 cm³/mol. The van der Waals surface area contributed by atoms with E-state index >= 15 is 0 Å². The maximum Gasteiger partial charge on any atom is 0.193 e. The first-order valence-corrected chi connectivity index (χ1v) is 5.50. The highest BCUT2D eigenvalue weighted by molar-refractivity contribution is 6.32. The van der Waals surface area contributed by atoms with Crippen molar-refractivity contribution in [3.8, 4) is 5.75 Å². The average molecular weight is 240 g/mol. The minimum atomic E-state index is 0.404. The van der Waals surface area contributed by atoms with Gasteiger partial charge in [-0.05, 0) is 31.0 Å². The minimum absolute atomic E-state index is 0.404. The van der Waals surface area contributed by atoms with E-state index in [1.54, 1.807) is 19.2 Å². The first-order chi connectivity index (χ1) is 7.69. The summed E-state index contributed by atoms with van der Waals surface area (Å²) in [4.78, 5) is 4.26. The Morgan fingerprint density at radius 2 is 2.31 bits per heavy atom. The first kappa shape index (κ1) is 11.1. The summed E-state index contributed by atoms with van der Waals surface area (Å²) >= 11 is 5.99. The third-order valence-corrected chi connectivity index (χ3v) is 2.59. The van der Waals surface area contributed by atoms with Gasteiger partial charge in [0.05, 0.1) is 18.2 Å². The van der Waals surface area contributed by atoms with E-state index < -0.39 is 0 Å². The molecule has 0 saturated heterocycles. The molecule has 1 aromatic carbocycles. The monoisotopic (exact) mass is 239 g/mol. The van der Waals surface area contributed by atoms with Gasteiger partial charge in [-0.1, -0.05) is 11.6 Å². The fraction of sp³-hybridized carbons (Fsp3) is 0.364. The van der Waals surface area contributed by atoms with Crippen molar-refractivity contribution in [3.05, 3.63) is 23.2 Å². The number of nitrogens with one attached hydrogen (secondary N) is 1. The summed E-state index contributed by atoms with van der Waals surface area (Å²) in [6.45, 7) is 0. The molecule has 0 spiro atoms. The number of ether oxygens (including phenoxy) is 1. The molecule has 0 aromatic heterocycles. The Labute approximate surface area is 99.5 Å². The maximum absolute atomic E-state index is 5.99. The quantitative estimate of drug-likeness (QED) is 0.628. The number of hydrogen-bond acceptors (Lipinski definition) is 2. The zero-order valence-corrected chi connectivity index (χ0v) is 9.79. The number of guanidine groups is 1. The van der Waals surface area contributed by atoms with Gasteiger partial charge in [-0.15, -0.1) is 0 Å². The van der Waals surface area contributed by atoms with Gasteiger partial charge in [0.2, 0.25) is 0 Å². The number of benzene rings is 1. The Morgan fingerprint density at radius 3 is 2.88 bits per heavy atom. The van der Waals surface area contributed by atoms with Crippen LogP contribution in [-0.4, -0.2) is 19.1 Å². The fourth-order valence-electron chi connectivity index (χ4n) is 1.32. The lowest BCUT2D eigenvalue weighted by Crippen LogP contribution is -2.22. The lowest BCUT2D eigenvalue weighted by Gasteiger charge is -2.08. The zero-order chi connectivity index (χ0) is 11.5. The third-order valence-electron chi connectivity index (χ3n) is 2.29. The van der Waals surface area contributed by atoms with Gasteiger partial charge in [0.25, 0.3) is 0 Å². The molecule has 0 bridgehead atoms. The molecular formula is C11H14ClN3O. The van der Waals surface area contributed by atoms with Gasteiger partial charge < -0.3 is 15.8 Å². The molecule has 0 atom stereocenters. The molecule has 1 aliphatic rings. The van der Waals surface area contributed by atoms with Crippen molar-refractivity contribution in [2.45, 2.75) is 18.9 Å². The highest BCUT2D eigenvalue weighted by Crippen LogP contribution is 2.27. The maximum atomic E-state index is 5.99. The second kappa shape index (κ2) is 4.61. The Morgan fingerprint density at radius 1 is 1.56 bits per heavy atom. The molecule has 3 N–H and O–H groups in total. The van der Waals surface area contributed by atoms with Crippen LogP contribution in [0.2, 0.25) is 5.02 Å². The van der Waals surface area contributed by atoms with Crippen molar-refractivity contribution in [1.82, 2.24) is 0 Å². The van der Waals surface area contributed by atoms with E-state index in [2.05, 4.69) is 10.3 Å². The van der Waals surface area contributed by atoms with Crippen molar-refractivity contribution in [2.75, 3.05) is 12.4 Å². The van der Waals surface area contributed by atoms with Crippen LogP contribution in [-0.2, 0) is 0 Å². The van der Waals surface area contributed by atoms with E-state index in [0.29, 0.717) is 22.8 Å². The molecule has 0 radical (unpaired) electrons. The molecule has 1 aliphatic carbocycles. The zero-order valence-electron chi connectivity index (χ0n) is 9.03. The molecule has 0 heterocycles. The number of hydrogen-bond donors (Lipinski definition) is 2. The van der Waals surface area contributed by atoms with Gasteiger partial charge in [-0.2, -0.15) is 0 Å². The van der Waals surface area contributed by atoms with Crippen molar-refractivity contribution in [3.63, 3.8) is 0 Å². The standard InChI is InChI=1S/C11H14ClN3O/c1-16-10-5-4-8(6-9(10)12)15-11(13)14-7-2-3-7/h4-7H,2-3H2,1H3,(H3,13,14,15). The van der Waals surface area contributed by atoms with Crippen LogP contribution < -0.4 is 15.8 Å². The highest BCUT2D eigenvalue weighted by atomic mass is 35.5. The van der Waals surface area contributed by atoms with Gasteiger partial charge in [0.1, 0.15) is 5.75 Å². The van der Waals surface area contributed by atoms with Gasteiger partial charge in [0.15, 0.2) is 5.96 Å². The van der Waals surface area contributed by atoms with Gasteiger partial charge >= 0.3 is 0 Å². The Kier molecular flexibility index (Phi) is 3.19. The van der Waals surface area contributed by atoms with Gasteiger partial charge in [-0.3, -0.25) is 0 Å². The SMILES string of the molecule is COc1ccc(NC(N)=NC2CC2)cc1Cl. The number of methoxy groups -OCH3 is 1. The highest BCUT2D eigenvalue weighted by Gasteiger charge is 2.20. The number of nitrogens with two attached hydrogens (primary N) is 1. The molecule has 1 fully saturated rings. The van der Waals surface area contributed by atoms with Gasteiger partial charge in [0, 0.05) is 5.69 Å². The summed E-state index contributed by atoms with van der Waals surface area (Å²) in [6.07, 6.45) is 2.26. The number of halogens is 1. The third kappa shape index (κ3) is 2.79. The van der Waals surface area contributed by atoms with Crippen LogP contribution >= 0.6 is 11.6 Å². The number of aliphatic imine (C=N–C) groups is 1. The number of rotatable bonds is 3. The van der Waals surface area contributed by atoms with E-state index in [-0.39, 0.29) is 0 Å². The molecule has 2 rings (SSSR count). The van der Waals surface area contributed by atoms with Crippen LogP contribution in [0, 0.1) is 0 Å². The minimum Gasteiger partial charge on any atom is -0.495 e. The van der Waals surface area contributed by atoms with Crippen LogP contribution in [0.5, 0.6) is 5.75 Å². The summed E-state index contributed by atoms with van der Waals surface area (Å²) in [5.74, 6) is 1.08. The van der Waals surface area contributed by atoms with Crippen molar-refractivity contribution in [2.24, 2.45) is 10.7 Å². The Hall–Kier alpha value is -1.42. The molecule has 4 nitrogen and oxygen atoms in total. The second-order valence-electron chi connectivity index (χ2n) is 3.72. The Bertz CT molecular complexity index is 416. The van der Waals surface area contributed by atoms with E-state index in [9.17, 15) is 0 Å². The summed E-state index contributed by atoms with van der Waals surface area (Å²) in [6, 6.07) is 5.80. The largest absolute Gasteiger partial charge is 0.495 e. The van der Waals surface area contributed by atoms with E-state index in [1.165, 1.54) is 0 Å². The van der Waals surface area contributed by atoms with Crippen molar-refractivity contribution < 1.29 is 4.74 Å². The summed E-state index contributed by atoms with van der Waals surface area (Å²) in [5, 5.41) is 3.54. The molecule has 1 saturated carbocycles. The average Bonchev–Trinajstić information content (AvgIpc) is 3.01. The molecule has 1 aromatic rings. The molecule has 0 aliphatic heterocycles. The summed E-state index contributed by atoms with van der Waals surface area (Å²) in [7, 11) is 1.58. The molecule has 0 amide bonds. The number of nitrogens with zero attached hydrogens (tertiary/aromatic N) is 1. The number of anilines is 1. The molecule has 16 heavy (non-hydrogen) atoms. The van der Waals surface area contributed by atoms with Crippen LogP contribution in [0.15, 0.2) is 23.2 Å². The summed E-state index contributed by atoms with van der Waals surface area (Å²) < 4.78 is 5.06.